The maximum atomic E-state index is 12.4. The summed E-state index contributed by atoms with van der Waals surface area (Å²) in [6.07, 6.45) is 0. The first-order chi connectivity index (χ1) is 9.25. The van der Waals surface area contributed by atoms with Gasteiger partial charge in [0.1, 0.15) is 0 Å². The van der Waals surface area contributed by atoms with Crippen molar-refractivity contribution >= 4 is 21.6 Å². The highest BCUT2D eigenvalue weighted by atomic mass is 35.5. The van der Waals surface area contributed by atoms with Gasteiger partial charge in [-0.05, 0) is 18.6 Å². The molecule has 0 spiro atoms. The quantitative estimate of drug-likeness (QED) is 0.840. The smallest absolute Gasteiger partial charge is 0.218 e. The summed E-state index contributed by atoms with van der Waals surface area (Å²) in [6, 6.07) is 7.55. The minimum Gasteiger partial charge on any atom is -0.313 e. The number of benzene rings is 1. The van der Waals surface area contributed by atoms with Crippen molar-refractivity contribution in [1.82, 2.24) is 9.62 Å². The summed E-state index contributed by atoms with van der Waals surface area (Å²) in [7, 11) is -1.75. The van der Waals surface area contributed by atoms with Crippen LogP contribution in [0.5, 0.6) is 0 Å². The molecular formula is C14H23ClN2O2S. The standard InChI is InChI=1S/C14H23ClN2O2S/c1-11(2)16-9-12(3)20(18,19)17(4)10-13-7-5-6-8-14(13)15/h5-8,11-12,16H,9-10H2,1-4H3. The van der Waals surface area contributed by atoms with Crippen molar-refractivity contribution in [3.05, 3.63) is 34.9 Å². The van der Waals surface area contributed by atoms with E-state index in [4.69, 9.17) is 11.6 Å². The Bertz CT molecular complexity index is 532. The van der Waals surface area contributed by atoms with E-state index < -0.39 is 15.3 Å². The van der Waals surface area contributed by atoms with E-state index in [0.29, 0.717) is 11.6 Å². The van der Waals surface area contributed by atoms with E-state index in [2.05, 4.69) is 5.32 Å². The first-order valence-electron chi connectivity index (χ1n) is 6.67. The van der Waals surface area contributed by atoms with Gasteiger partial charge in [-0.1, -0.05) is 43.6 Å². The monoisotopic (exact) mass is 318 g/mol. The first-order valence-corrected chi connectivity index (χ1v) is 8.55. The molecule has 4 nitrogen and oxygen atoms in total. The first kappa shape index (κ1) is 17.4. The molecule has 1 N–H and O–H groups in total. The van der Waals surface area contributed by atoms with Crippen molar-refractivity contribution in [2.45, 2.75) is 38.6 Å². The van der Waals surface area contributed by atoms with E-state index >= 15 is 0 Å². The van der Waals surface area contributed by atoms with Crippen LogP contribution in [0.15, 0.2) is 24.3 Å². The van der Waals surface area contributed by atoms with Crippen LogP contribution in [0, 0.1) is 0 Å². The number of rotatable bonds is 7. The van der Waals surface area contributed by atoms with Crippen molar-refractivity contribution < 1.29 is 8.42 Å². The number of hydrogen-bond donors (Lipinski definition) is 1. The normalized spacial score (nSPS) is 13.9. The van der Waals surface area contributed by atoms with Crippen LogP contribution in [-0.4, -0.2) is 37.6 Å². The van der Waals surface area contributed by atoms with Crippen LogP contribution in [0.25, 0.3) is 0 Å². The molecule has 0 heterocycles. The molecule has 0 saturated carbocycles. The Morgan fingerprint density at radius 1 is 1.25 bits per heavy atom. The predicted octanol–water partition coefficient (Wildman–Crippen LogP) is 2.49. The lowest BCUT2D eigenvalue weighted by Gasteiger charge is -2.23. The van der Waals surface area contributed by atoms with Gasteiger partial charge in [-0.15, -0.1) is 0 Å². The lowest BCUT2D eigenvalue weighted by molar-refractivity contribution is 0.451. The molecule has 0 aliphatic heterocycles. The summed E-state index contributed by atoms with van der Waals surface area (Å²) < 4.78 is 26.2. The molecule has 0 saturated heterocycles. The van der Waals surface area contributed by atoms with Gasteiger partial charge < -0.3 is 5.32 Å². The molecule has 1 rings (SSSR count). The third kappa shape index (κ3) is 4.74. The van der Waals surface area contributed by atoms with E-state index in [1.165, 1.54) is 4.31 Å². The highest BCUT2D eigenvalue weighted by Gasteiger charge is 2.26. The minimum atomic E-state index is -3.34. The van der Waals surface area contributed by atoms with Crippen LogP contribution in [-0.2, 0) is 16.6 Å². The average Bonchev–Trinajstić information content (AvgIpc) is 2.38. The predicted molar refractivity (Wildman–Crippen MR) is 84.4 cm³/mol. The number of halogens is 1. The Labute approximate surface area is 127 Å². The third-order valence-electron chi connectivity index (χ3n) is 3.11. The molecule has 1 aromatic rings. The van der Waals surface area contributed by atoms with Gasteiger partial charge in [0.25, 0.3) is 0 Å². The molecular weight excluding hydrogens is 296 g/mol. The second-order valence-electron chi connectivity index (χ2n) is 5.27. The third-order valence-corrected chi connectivity index (χ3v) is 5.66. The van der Waals surface area contributed by atoms with E-state index in [-0.39, 0.29) is 12.6 Å². The molecule has 1 aromatic carbocycles. The fourth-order valence-electron chi connectivity index (χ4n) is 1.77. The van der Waals surface area contributed by atoms with Crippen molar-refractivity contribution in [3.8, 4) is 0 Å². The Balaban J connectivity index is 2.74. The van der Waals surface area contributed by atoms with Crippen molar-refractivity contribution in [3.63, 3.8) is 0 Å². The second kappa shape index (κ2) is 7.41. The van der Waals surface area contributed by atoms with Gasteiger partial charge in [-0.2, -0.15) is 0 Å². The summed E-state index contributed by atoms with van der Waals surface area (Å²) in [5, 5.41) is 3.26. The summed E-state index contributed by atoms with van der Waals surface area (Å²) >= 11 is 6.07. The topological polar surface area (TPSA) is 49.4 Å². The maximum Gasteiger partial charge on any atom is 0.218 e. The highest BCUT2D eigenvalue weighted by Crippen LogP contribution is 2.19. The molecule has 20 heavy (non-hydrogen) atoms. The summed E-state index contributed by atoms with van der Waals surface area (Å²) in [5.74, 6) is 0. The van der Waals surface area contributed by atoms with Crippen LogP contribution < -0.4 is 5.32 Å². The van der Waals surface area contributed by atoms with Crippen LogP contribution in [0.2, 0.25) is 5.02 Å². The minimum absolute atomic E-state index is 0.265. The van der Waals surface area contributed by atoms with E-state index in [9.17, 15) is 8.42 Å². The summed E-state index contributed by atoms with van der Waals surface area (Å²) in [4.78, 5) is 0. The summed E-state index contributed by atoms with van der Waals surface area (Å²) in [6.45, 7) is 6.42. The van der Waals surface area contributed by atoms with Crippen LogP contribution in [0.4, 0.5) is 0 Å². The molecule has 114 valence electrons. The van der Waals surface area contributed by atoms with Crippen LogP contribution in [0.3, 0.4) is 0 Å². The average molecular weight is 319 g/mol. The molecule has 0 amide bonds. The van der Waals surface area contributed by atoms with E-state index in [0.717, 1.165) is 5.56 Å². The SMILES string of the molecule is CC(C)NCC(C)S(=O)(=O)N(C)Cc1ccccc1Cl. The fraction of sp³-hybridized carbons (Fsp3) is 0.571. The van der Waals surface area contributed by atoms with E-state index in [1.807, 2.05) is 32.0 Å². The van der Waals surface area contributed by atoms with Gasteiger partial charge in [-0.25, -0.2) is 12.7 Å². The van der Waals surface area contributed by atoms with Crippen molar-refractivity contribution in [1.29, 1.82) is 0 Å². The number of nitrogens with one attached hydrogen (secondary N) is 1. The maximum absolute atomic E-state index is 12.4. The summed E-state index contributed by atoms with van der Waals surface area (Å²) in [5.41, 5.74) is 0.810. The number of nitrogens with zero attached hydrogens (tertiary/aromatic N) is 1. The fourth-order valence-corrected chi connectivity index (χ4v) is 3.21. The molecule has 0 aromatic heterocycles. The van der Waals surface area contributed by atoms with Gasteiger partial charge >= 0.3 is 0 Å². The van der Waals surface area contributed by atoms with Gasteiger partial charge in [0.05, 0.1) is 5.25 Å². The van der Waals surface area contributed by atoms with Crippen molar-refractivity contribution in [2.24, 2.45) is 0 Å². The van der Waals surface area contributed by atoms with Gasteiger partial charge in [0.2, 0.25) is 10.0 Å². The molecule has 1 atom stereocenters. The Kier molecular flexibility index (Phi) is 6.45. The molecule has 0 bridgehead atoms. The Morgan fingerprint density at radius 2 is 1.85 bits per heavy atom. The number of sulfonamides is 1. The van der Waals surface area contributed by atoms with Crippen LogP contribution >= 0.6 is 11.6 Å². The zero-order valence-corrected chi connectivity index (χ0v) is 14.0. The molecule has 0 aliphatic carbocycles. The molecule has 0 radical (unpaired) electrons. The molecule has 0 aliphatic rings. The Morgan fingerprint density at radius 3 is 2.40 bits per heavy atom. The lowest BCUT2D eigenvalue weighted by atomic mass is 10.2. The molecule has 1 unspecified atom stereocenters. The Hall–Kier alpha value is -0.620. The van der Waals surface area contributed by atoms with Gasteiger partial charge in [0.15, 0.2) is 0 Å². The molecule has 0 fully saturated rings. The van der Waals surface area contributed by atoms with Gasteiger partial charge in [-0.3, -0.25) is 0 Å². The van der Waals surface area contributed by atoms with Crippen LogP contribution in [0.1, 0.15) is 26.3 Å². The molecule has 6 heteroatoms. The zero-order valence-electron chi connectivity index (χ0n) is 12.4. The number of hydrogen-bond acceptors (Lipinski definition) is 3. The van der Waals surface area contributed by atoms with Gasteiger partial charge in [0, 0.05) is 31.2 Å². The van der Waals surface area contributed by atoms with E-state index in [1.54, 1.807) is 20.0 Å². The van der Waals surface area contributed by atoms with Crippen molar-refractivity contribution in [2.75, 3.05) is 13.6 Å². The lowest BCUT2D eigenvalue weighted by Crippen LogP contribution is -2.41. The highest BCUT2D eigenvalue weighted by molar-refractivity contribution is 7.89. The largest absolute Gasteiger partial charge is 0.313 e. The zero-order chi connectivity index (χ0) is 15.3. The second-order valence-corrected chi connectivity index (χ2v) is 8.13.